The van der Waals surface area contributed by atoms with Crippen LogP contribution in [0.3, 0.4) is 0 Å². The molecule has 1 aromatic rings. The van der Waals surface area contributed by atoms with Crippen molar-refractivity contribution >= 4 is 17.6 Å². The number of aryl methyl sites for hydroxylation is 1. The van der Waals surface area contributed by atoms with Crippen LogP contribution in [0.1, 0.15) is 63.0 Å². The van der Waals surface area contributed by atoms with Crippen molar-refractivity contribution in [2.45, 2.75) is 70.3 Å². The van der Waals surface area contributed by atoms with E-state index in [1.54, 1.807) is 0 Å². The first-order chi connectivity index (χ1) is 9.74. The number of hydrogen-bond donors (Lipinski definition) is 1. The Morgan fingerprint density at radius 1 is 1.15 bits per heavy atom. The van der Waals surface area contributed by atoms with E-state index >= 15 is 0 Å². The van der Waals surface area contributed by atoms with Gasteiger partial charge in [0.25, 0.3) is 0 Å². The van der Waals surface area contributed by atoms with Gasteiger partial charge >= 0.3 is 0 Å². The zero-order valence-electron chi connectivity index (χ0n) is 13.0. The number of anilines is 1. The standard InChI is InChI=1S/C16H27N3S/c1-4-14-12(3)16(17-5-2)19-15(18-14)11-20-13-9-7-6-8-10-13/h13H,4-11H2,1-3H3,(H,17,18,19). The molecule has 0 aliphatic heterocycles. The summed E-state index contributed by atoms with van der Waals surface area (Å²) >= 11 is 2.05. The van der Waals surface area contributed by atoms with E-state index in [1.807, 2.05) is 11.8 Å². The third-order valence-corrected chi connectivity index (χ3v) is 5.34. The lowest BCUT2D eigenvalue weighted by atomic mass is 10.0. The Morgan fingerprint density at radius 3 is 2.55 bits per heavy atom. The second-order valence-corrected chi connectivity index (χ2v) is 6.80. The molecule has 0 spiro atoms. The number of rotatable bonds is 6. The second kappa shape index (κ2) is 7.87. The summed E-state index contributed by atoms with van der Waals surface area (Å²) in [6, 6.07) is 0. The van der Waals surface area contributed by atoms with Gasteiger partial charge in [0.2, 0.25) is 0 Å². The lowest BCUT2D eigenvalue weighted by Crippen LogP contribution is -2.11. The van der Waals surface area contributed by atoms with Gasteiger partial charge in [0.15, 0.2) is 0 Å². The summed E-state index contributed by atoms with van der Waals surface area (Å²) in [5, 5.41) is 4.19. The molecule has 0 aromatic carbocycles. The summed E-state index contributed by atoms with van der Waals surface area (Å²) in [7, 11) is 0. The molecule has 0 atom stereocenters. The third kappa shape index (κ3) is 4.11. The van der Waals surface area contributed by atoms with Gasteiger partial charge in [-0.3, -0.25) is 0 Å². The van der Waals surface area contributed by atoms with Crippen LogP contribution in [0.5, 0.6) is 0 Å². The zero-order valence-corrected chi connectivity index (χ0v) is 13.9. The normalized spacial score (nSPS) is 16.4. The van der Waals surface area contributed by atoms with Crippen LogP contribution in [-0.4, -0.2) is 21.8 Å². The molecule has 0 radical (unpaired) electrons. The molecule has 0 saturated heterocycles. The van der Waals surface area contributed by atoms with Gasteiger partial charge in [0.1, 0.15) is 11.6 Å². The summed E-state index contributed by atoms with van der Waals surface area (Å²) < 4.78 is 0. The second-order valence-electron chi connectivity index (χ2n) is 5.52. The highest BCUT2D eigenvalue weighted by Gasteiger charge is 2.15. The molecule has 1 heterocycles. The number of nitrogens with one attached hydrogen (secondary N) is 1. The molecule has 1 fully saturated rings. The van der Waals surface area contributed by atoms with Gasteiger partial charge < -0.3 is 5.32 Å². The monoisotopic (exact) mass is 293 g/mol. The zero-order chi connectivity index (χ0) is 14.4. The van der Waals surface area contributed by atoms with Gasteiger partial charge in [-0.05, 0) is 33.1 Å². The van der Waals surface area contributed by atoms with E-state index in [2.05, 4.69) is 26.1 Å². The molecule has 1 N–H and O–H groups in total. The van der Waals surface area contributed by atoms with Crippen molar-refractivity contribution < 1.29 is 0 Å². The van der Waals surface area contributed by atoms with Gasteiger partial charge in [-0.1, -0.05) is 26.2 Å². The Balaban J connectivity index is 2.04. The smallest absolute Gasteiger partial charge is 0.140 e. The van der Waals surface area contributed by atoms with E-state index in [9.17, 15) is 0 Å². The Bertz CT molecular complexity index is 428. The first kappa shape index (κ1) is 15.6. The quantitative estimate of drug-likeness (QED) is 0.846. The maximum atomic E-state index is 4.75. The highest BCUT2D eigenvalue weighted by molar-refractivity contribution is 7.99. The van der Waals surface area contributed by atoms with Crippen molar-refractivity contribution in [3.8, 4) is 0 Å². The largest absolute Gasteiger partial charge is 0.370 e. The molecular weight excluding hydrogens is 266 g/mol. The third-order valence-electron chi connectivity index (χ3n) is 3.97. The molecule has 1 aromatic heterocycles. The van der Waals surface area contributed by atoms with Crippen LogP contribution in [0.2, 0.25) is 0 Å². The van der Waals surface area contributed by atoms with Gasteiger partial charge in [0, 0.05) is 23.1 Å². The van der Waals surface area contributed by atoms with Gasteiger partial charge in [-0.2, -0.15) is 11.8 Å². The minimum absolute atomic E-state index is 0.821. The topological polar surface area (TPSA) is 37.8 Å². The number of thioether (sulfide) groups is 1. The number of nitrogens with zero attached hydrogens (tertiary/aromatic N) is 2. The highest BCUT2D eigenvalue weighted by atomic mass is 32.2. The Kier molecular flexibility index (Phi) is 6.14. The van der Waals surface area contributed by atoms with Crippen molar-refractivity contribution in [1.82, 2.24) is 9.97 Å². The van der Waals surface area contributed by atoms with E-state index < -0.39 is 0 Å². The van der Waals surface area contributed by atoms with Crippen LogP contribution < -0.4 is 5.32 Å². The molecule has 1 aliphatic rings. The van der Waals surface area contributed by atoms with Crippen molar-refractivity contribution in [3.05, 3.63) is 17.1 Å². The highest BCUT2D eigenvalue weighted by Crippen LogP contribution is 2.30. The first-order valence-electron chi connectivity index (χ1n) is 7.96. The minimum Gasteiger partial charge on any atom is -0.370 e. The molecule has 3 nitrogen and oxygen atoms in total. The molecule has 112 valence electrons. The summed E-state index contributed by atoms with van der Waals surface area (Å²) in [6.45, 7) is 7.32. The lowest BCUT2D eigenvalue weighted by molar-refractivity contribution is 0.516. The predicted octanol–water partition coefficient (Wildman–Crippen LogP) is 4.35. The molecular formula is C16H27N3S. The molecule has 0 bridgehead atoms. The molecule has 4 heteroatoms. The molecule has 20 heavy (non-hydrogen) atoms. The fourth-order valence-corrected chi connectivity index (χ4v) is 3.97. The van der Waals surface area contributed by atoms with Crippen molar-refractivity contribution in [2.75, 3.05) is 11.9 Å². The van der Waals surface area contributed by atoms with Crippen LogP contribution in [0, 0.1) is 6.92 Å². The fraction of sp³-hybridized carbons (Fsp3) is 0.750. The number of hydrogen-bond acceptors (Lipinski definition) is 4. The average Bonchev–Trinajstić information content (AvgIpc) is 2.49. The van der Waals surface area contributed by atoms with Crippen LogP contribution >= 0.6 is 11.8 Å². The van der Waals surface area contributed by atoms with E-state index in [0.29, 0.717) is 0 Å². The summed E-state index contributed by atoms with van der Waals surface area (Å²) in [6.07, 6.45) is 7.94. The van der Waals surface area contributed by atoms with Crippen molar-refractivity contribution in [3.63, 3.8) is 0 Å². The summed E-state index contributed by atoms with van der Waals surface area (Å²) in [4.78, 5) is 9.46. The van der Waals surface area contributed by atoms with Crippen LogP contribution in [-0.2, 0) is 12.2 Å². The van der Waals surface area contributed by atoms with Crippen molar-refractivity contribution in [2.24, 2.45) is 0 Å². The fourth-order valence-electron chi connectivity index (χ4n) is 2.79. The van der Waals surface area contributed by atoms with E-state index in [-0.39, 0.29) is 0 Å². The lowest BCUT2D eigenvalue weighted by Gasteiger charge is -2.21. The first-order valence-corrected chi connectivity index (χ1v) is 9.01. The van der Waals surface area contributed by atoms with E-state index in [4.69, 9.17) is 9.97 Å². The van der Waals surface area contributed by atoms with Crippen molar-refractivity contribution in [1.29, 1.82) is 0 Å². The number of aromatic nitrogens is 2. The Morgan fingerprint density at radius 2 is 1.90 bits per heavy atom. The average molecular weight is 293 g/mol. The molecule has 1 saturated carbocycles. The SMILES string of the molecule is CCNc1nc(CSC2CCCCC2)nc(CC)c1C. The minimum atomic E-state index is 0.821. The summed E-state index contributed by atoms with van der Waals surface area (Å²) in [5.41, 5.74) is 2.40. The molecule has 2 rings (SSSR count). The Hall–Kier alpha value is -0.770. The van der Waals surface area contributed by atoms with E-state index in [1.165, 1.54) is 43.4 Å². The predicted molar refractivity (Wildman–Crippen MR) is 88.5 cm³/mol. The maximum absolute atomic E-state index is 4.75. The van der Waals surface area contributed by atoms with Crippen LogP contribution in [0.25, 0.3) is 0 Å². The molecule has 0 unspecified atom stereocenters. The maximum Gasteiger partial charge on any atom is 0.140 e. The van der Waals surface area contributed by atoms with Crippen LogP contribution in [0.15, 0.2) is 0 Å². The Labute approximate surface area is 127 Å². The van der Waals surface area contributed by atoms with Gasteiger partial charge in [0.05, 0.1) is 5.75 Å². The van der Waals surface area contributed by atoms with Gasteiger partial charge in [-0.25, -0.2) is 9.97 Å². The van der Waals surface area contributed by atoms with Gasteiger partial charge in [-0.15, -0.1) is 0 Å². The summed E-state index contributed by atoms with van der Waals surface area (Å²) in [5.74, 6) is 2.98. The van der Waals surface area contributed by atoms with E-state index in [0.717, 1.165) is 35.6 Å². The van der Waals surface area contributed by atoms with Crippen LogP contribution in [0.4, 0.5) is 5.82 Å². The molecule has 1 aliphatic carbocycles. The molecule has 0 amide bonds.